The quantitative estimate of drug-likeness (QED) is 0.117. The van der Waals surface area contributed by atoms with Crippen molar-refractivity contribution in [1.29, 1.82) is 0 Å². The molecular formula is C42H28F4O4S2. The summed E-state index contributed by atoms with van der Waals surface area (Å²) in [5, 5.41) is 0. The summed E-state index contributed by atoms with van der Waals surface area (Å²) in [6.45, 7) is 0. The van der Waals surface area contributed by atoms with Crippen LogP contribution in [0, 0.1) is 23.3 Å². The van der Waals surface area contributed by atoms with Gasteiger partial charge in [0.15, 0.2) is 46.4 Å². The summed E-state index contributed by atoms with van der Waals surface area (Å²) in [4.78, 5) is 57.6. The van der Waals surface area contributed by atoms with Crippen molar-refractivity contribution < 1.29 is 36.7 Å². The Kier molecular flexibility index (Phi) is 6.79. The molecule has 0 saturated heterocycles. The van der Waals surface area contributed by atoms with Gasteiger partial charge in [-0.15, -0.1) is 22.7 Å². The van der Waals surface area contributed by atoms with E-state index in [-0.39, 0.29) is 38.8 Å². The van der Waals surface area contributed by atoms with Crippen LogP contribution in [0.3, 0.4) is 0 Å². The number of halogens is 4. The smallest absolute Gasteiger partial charge is 0.197 e. The molecule has 52 heavy (non-hydrogen) atoms. The monoisotopic (exact) mass is 736 g/mol. The van der Waals surface area contributed by atoms with Gasteiger partial charge in [-0.1, -0.05) is 38.5 Å². The number of hydrogen-bond donors (Lipinski definition) is 0. The van der Waals surface area contributed by atoms with E-state index in [1.54, 1.807) is 23.5 Å². The van der Waals surface area contributed by atoms with Crippen molar-refractivity contribution in [3.05, 3.63) is 125 Å². The summed E-state index contributed by atoms with van der Waals surface area (Å²) in [6.07, 6.45) is 15.2. The maximum atomic E-state index is 14.1. The SMILES string of the molecule is O=C1C(=CC2=Cc3sc4c(c3C23CCCCC3)C2(CCCCC2)c2cc(C=C3C(=O)c5cc(F)c(F)cc5C3=O)sc2-4)C(=O)c2cc(F)c(F)cc21. The molecule has 10 heteroatoms. The maximum Gasteiger partial charge on any atom is 0.197 e. The first-order valence-electron chi connectivity index (χ1n) is 17.7. The molecule has 6 aliphatic carbocycles. The molecule has 2 heterocycles. The fourth-order valence-electron chi connectivity index (χ4n) is 9.95. The molecule has 2 fully saturated rings. The van der Waals surface area contributed by atoms with Gasteiger partial charge in [0.1, 0.15) is 0 Å². The van der Waals surface area contributed by atoms with E-state index in [0.29, 0.717) is 0 Å². The lowest BCUT2D eigenvalue weighted by Crippen LogP contribution is -2.35. The average Bonchev–Trinajstić information content (AvgIpc) is 3.93. The molecule has 0 atom stereocenters. The van der Waals surface area contributed by atoms with Gasteiger partial charge in [0.2, 0.25) is 0 Å². The minimum absolute atomic E-state index is 0.0594. The summed E-state index contributed by atoms with van der Waals surface area (Å²) < 4.78 is 56.3. The molecule has 2 aromatic heterocycles. The van der Waals surface area contributed by atoms with Crippen LogP contribution < -0.4 is 0 Å². The first kappa shape index (κ1) is 32.1. The minimum Gasteiger partial charge on any atom is -0.288 e. The molecule has 2 spiro atoms. The highest BCUT2D eigenvalue weighted by Gasteiger charge is 2.54. The van der Waals surface area contributed by atoms with Crippen LogP contribution in [-0.4, -0.2) is 23.1 Å². The van der Waals surface area contributed by atoms with Gasteiger partial charge in [0, 0.05) is 52.6 Å². The second-order valence-electron chi connectivity index (χ2n) is 14.9. The lowest BCUT2D eigenvalue weighted by molar-refractivity contribution is 0.0973. The molecule has 4 nitrogen and oxygen atoms in total. The summed E-state index contributed by atoms with van der Waals surface area (Å²) in [5.41, 5.74) is 3.35. The van der Waals surface area contributed by atoms with Crippen LogP contribution in [0.2, 0.25) is 0 Å². The van der Waals surface area contributed by atoms with E-state index >= 15 is 0 Å². The Balaban J connectivity index is 1.10. The van der Waals surface area contributed by atoms with Gasteiger partial charge in [-0.05, 0) is 96.5 Å². The molecule has 0 unspecified atom stereocenters. The van der Waals surface area contributed by atoms with Crippen molar-refractivity contribution in [2.24, 2.45) is 0 Å². The van der Waals surface area contributed by atoms with Crippen LogP contribution in [0.4, 0.5) is 17.6 Å². The highest BCUT2D eigenvalue weighted by atomic mass is 32.1. The van der Waals surface area contributed by atoms with Crippen LogP contribution in [0.1, 0.15) is 132 Å². The number of hydrogen-bond acceptors (Lipinski definition) is 6. The van der Waals surface area contributed by atoms with E-state index in [1.807, 2.05) is 0 Å². The van der Waals surface area contributed by atoms with Crippen molar-refractivity contribution in [3.8, 4) is 9.75 Å². The molecule has 0 radical (unpaired) electrons. The highest BCUT2D eigenvalue weighted by Crippen LogP contribution is 2.67. The number of benzene rings is 2. The Bertz CT molecular complexity index is 2410. The molecule has 2 aromatic carbocycles. The van der Waals surface area contributed by atoms with E-state index in [4.69, 9.17) is 0 Å². The van der Waals surface area contributed by atoms with E-state index in [9.17, 15) is 36.7 Å². The normalized spacial score (nSPS) is 20.4. The zero-order valence-electron chi connectivity index (χ0n) is 27.7. The number of carbonyl (C=O) groups is 4. The molecule has 0 amide bonds. The van der Waals surface area contributed by atoms with Gasteiger partial charge in [-0.25, -0.2) is 17.6 Å². The van der Waals surface area contributed by atoms with Gasteiger partial charge in [0.25, 0.3) is 0 Å². The molecule has 10 rings (SSSR count). The molecule has 2 saturated carbocycles. The summed E-state index contributed by atoms with van der Waals surface area (Å²) in [6, 6.07) is 5.33. The Morgan fingerprint density at radius 2 is 0.981 bits per heavy atom. The predicted molar refractivity (Wildman–Crippen MR) is 190 cm³/mol. The number of thiophene rings is 2. The Hall–Kier alpha value is -4.54. The zero-order valence-corrected chi connectivity index (χ0v) is 29.3. The molecule has 260 valence electrons. The fourth-order valence-corrected chi connectivity index (χ4v) is 12.8. The summed E-state index contributed by atoms with van der Waals surface area (Å²) in [7, 11) is 0. The lowest BCUT2D eigenvalue weighted by Gasteiger charge is -2.42. The van der Waals surface area contributed by atoms with E-state index in [2.05, 4.69) is 12.1 Å². The molecule has 0 N–H and O–H groups in total. The molecule has 4 aromatic rings. The van der Waals surface area contributed by atoms with Gasteiger partial charge >= 0.3 is 0 Å². The third-order valence-electron chi connectivity index (χ3n) is 12.3. The number of carbonyl (C=O) groups excluding carboxylic acids is 4. The topological polar surface area (TPSA) is 68.3 Å². The van der Waals surface area contributed by atoms with Crippen molar-refractivity contribution in [2.75, 3.05) is 0 Å². The lowest BCUT2D eigenvalue weighted by atomic mass is 9.61. The first-order valence-corrected chi connectivity index (χ1v) is 19.3. The van der Waals surface area contributed by atoms with Crippen molar-refractivity contribution in [2.45, 2.75) is 75.0 Å². The van der Waals surface area contributed by atoms with Gasteiger partial charge in [-0.3, -0.25) is 19.2 Å². The molecule has 0 aliphatic heterocycles. The molecular weight excluding hydrogens is 709 g/mol. The van der Waals surface area contributed by atoms with Gasteiger partial charge in [-0.2, -0.15) is 0 Å². The van der Waals surface area contributed by atoms with Crippen LogP contribution in [0.25, 0.3) is 21.9 Å². The Labute approximate surface area is 303 Å². The minimum atomic E-state index is -1.17. The van der Waals surface area contributed by atoms with Gasteiger partial charge < -0.3 is 0 Å². The second-order valence-corrected chi connectivity index (χ2v) is 17.0. The van der Waals surface area contributed by atoms with Crippen LogP contribution >= 0.6 is 22.7 Å². The molecule has 6 aliphatic rings. The highest BCUT2D eigenvalue weighted by molar-refractivity contribution is 7.23. The van der Waals surface area contributed by atoms with Crippen LogP contribution in [-0.2, 0) is 10.8 Å². The average molecular weight is 737 g/mol. The standard InChI is InChI=1S/C42H28F4O4S2/c43-28-15-21-22(16-29(28)44)36(48)25(35(21)47)11-19-12-32-33(41(19)7-3-1-4-8-41)34-40(52-32)39-27(42(34)9-5-2-6-10-42)14-20(51-39)13-26-37(49)23-17-30(45)31(46)18-24(23)38(26)50/h11-18H,1-10H2. The first-order chi connectivity index (χ1) is 25.0. The van der Waals surface area contributed by atoms with Gasteiger partial charge in [0.05, 0.1) is 11.1 Å². The Morgan fingerprint density at radius 3 is 1.48 bits per heavy atom. The van der Waals surface area contributed by atoms with Crippen molar-refractivity contribution >= 4 is 58.0 Å². The molecule has 0 bridgehead atoms. The predicted octanol–water partition coefficient (Wildman–Crippen LogP) is 10.7. The van der Waals surface area contributed by atoms with Crippen LogP contribution in [0.15, 0.2) is 53.1 Å². The largest absolute Gasteiger partial charge is 0.288 e. The number of rotatable bonds is 2. The third-order valence-corrected chi connectivity index (χ3v) is 14.7. The van der Waals surface area contributed by atoms with Crippen molar-refractivity contribution in [1.82, 2.24) is 0 Å². The fraction of sp³-hybridized carbons (Fsp3) is 0.286. The second kappa shape index (κ2) is 11.0. The maximum absolute atomic E-state index is 14.1. The summed E-state index contributed by atoms with van der Waals surface area (Å²) >= 11 is 3.21. The Morgan fingerprint density at radius 1 is 0.519 bits per heavy atom. The third kappa shape index (κ3) is 4.13. The number of ketones is 4. The summed E-state index contributed by atoms with van der Waals surface area (Å²) in [5.74, 6) is -7.06. The number of fused-ring (bicyclic) bond motifs is 10. The number of Topliss-reactive ketones (excluding diaryl/α,β-unsaturated/α-hetero) is 4. The van der Waals surface area contributed by atoms with Crippen molar-refractivity contribution in [3.63, 3.8) is 0 Å². The number of allylic oxidation sites excluding steroid dienone is 4. The van der Waals surface area contributed by atoms with E-state index < -0.39 is 51.8 Å². The van der Waals surface area contributed by atoms with E-state index in [0.717, 1.165) is 109 Å². The van der Waals surface area contributed by atoms with Crippen LogP contribution in [0.5, 0.6) is 0 Å². The zero-order chi connectivity index (χ0) is 35.8. The van der Waals surface area contributed by atoms with E-state index in [1.165, 1.54) is 32.9 Å².